The predicted molar refractivity (Wildman–Crippen MR) is 97.0 cm³/mol. The predicted octanol–water partition coefficient (Wildman–Crippen LogP) is 4.89. The van der Waals surface area contributed by atoms with Crippen molar-refractivity contribution in [3.05, 3.63) is 89.2 Å². The first-order valence-corrected chi connectivity index (χ1v) is 8.63. The van der Waals surface area contributed by atoms with E-state index < -0.39 is 0 Å². The molecule has 0 aliphatic rings. The highest BCUT2D eigenvalue weighted by molar-refractivity contribution is 6.30. The van der Waals surface area contributed by atoms with Crippen molar-refractivity contribution in [2.75, 3.05) is 0 Å². The Balaban J connectivity index is 1.59. The van der Waals surface area contributed by atoms with E-state index in [0.717, 1.165) is 30.0 Å². The van der Waals surface area contributed by atoms with Gasteiger partial charge in [0.15, 0.2) is 0 Å². The summed E-state index contributed by atoms with van der Waals surface area (Å²) in [4.78, 5) is 4.08. The van der Waals surface area contributed by atoms with Crippen LogP contribution in [0.2, 0.25) is 5.02 Å². The topological polar surface area (TPSA) is 27.1 Å². The normalized spacial score (nSPS) is 12.2. The van der Waals surface area contributed by atoms with E-state index in [1.165, 1.54) is 17.7 Å². The molecule has 0 N–H and O–H groups in total. The number of aryl methyl sites for hydroxylation is 1. The van der Waals surface area contributed by atoms with Gasteiger partial charge in [0.1, 0.15) is 5.82 Å². The molecule has 1 heterocycles. The largest absolute Gasteiger partial charge is 0.372 e. The molecule has 0 bridgehead atoms. The van der Waals surface area contributed by atoms with Gasteiger partial charge in [-0.2, -0.15) is 0 Å². The van der Waals surface area contributed by atoms with E-state index >= 15 is 0 Å². The van der Waals surface area contributed by atoms with Gasteiger partial charge in [0, 0.05) is 24.0 Å². The van der Waals surface area contributed by atoms with Crippen LogP contribution in [0.15, 0.2) is 67.3 Å². The zero-order valence-electron chi connectivity index (χ0n) is 13.8. The van der Waals surface area contributed by atoms with Crippen LogP contribution in [0.3, 0.4) is 0 Å². The van der Waals surface area contributed by atoms with E-state index in [1.807, 2.05) is 35.0 Å². The minimum absolute atomic E-state index is 0.0370. The quantitative estimate of drug-likeness (QED) is 0.573. The maximum Gasteiger partial charge on any atom is 0.123 e. The molecule has 0 amide bonds. The lowest BCUT2D eigenvalue weighted by Gasteiger charge is -2.19. The van der Waals surface area contributed by atoms with Crippen molar-refractivity contribution in [1.29, 1.82) is 0 Å². The molecule has 3 aromatic rings. The molecular weight excluding hydrogens is 339 g/mol. The molecule has 0 saturated heterocycles. The fraction of sp³-hybridized carbons (Fsp3) is 0.250. The number of halogens is 2. The molecule has 130 valence electrons. The van der Waals surface area contributed by atoms with Gasteiger partial charge < -0.3 is 9.30 Å². The molecule has 0 aliphatic heterocycles. The van der Waals surface area contributed by atoms with Crippen molar-refractivity contribution in [2.45, 2.75) is 32.1 Å². The Kier molecular flexibility index (Phi) is 6.20. The lowest BCUT2D eigenvalue weighted by atomic mass is 10.1. The molecule has 25 heavy (non-hydrogen) atoms. The lowest BCUT2D eigenvalue weighted by Crippen LogP contribution is -2.20. The van der Waals surface area contributed by atoms with E-state index in [9.17, 15) is 4.39 Å². The minimum Gasteiger partial charge on any atom is -0.372 e. The number of nitrogens with zero attached hydrogens (tertiary/aromatic N) is 2. The molecule has 0 spiro atoms. The van der Waals surface area contributed by atoms with Gasteiger partial charge in [-0.3, -0.25) is 0 Å². The molecule has 2 aromatic carbocycles. The summed E-state index contributed by atoms with van der Waals surface area (Å²) in [6, 6.07) is 14.3. The monoisotopic (exact) mass is 358 g/mol. The summed E-state index contributed by atoms with van der Waals surface area (Å²) in [5.74, 6) is -0.235. The van der Waals surface area contributed by atoms with Crippen molar-refractivity contribution < 1.29 is 9.13 Å². The van der Waals surface area contributed by atoms with E-state index in [2.05, 4.69) is 4.98 Å². The summed E-state index contributed by atoms with van der Waals surface area (Å²) in [5.41, 5.74) is 2.19. The zero-order valence-corrected chi connectivity index (χ0v) is 14.6. The first-order valence-electron chi connectivity index (χ1n) is 8.25. The number of ether oxygens (including phenoxy) is 1. The Bertz CT molecular complexity index is 708. The van der Waals surface area contributed by atoms with Gasteiger partial charge in [0.05, 0.1) is 19.0 Å². The maximum atomic E-state index is 13.0. The minimum atomic E-state index is -0.235. The van der Waals surface area contributed by atoms with Crippen molar-refractivity contribution in [3.8, 4) is 0 Å². The molecule has 1 atom stereocenters. The Hall–Kier alpha value is -2.17. The Morgan fingerprint density at radius 3 is 2.44 bits per heavy atom. The molecule has 0 saturated carbocycles. The van der Waals surface area contributed by atoms with Gasteiger partial charge in [-0.1, -0.05) is 35.9 Å². The number of aromatic nitrogens is 2. The molecule has 3 nitrogen and oxygen atoms in total. The number of benzene rings is 2. The summed E-state index contributed by atoms with van der Waals surface area (Å²) < 4.78 is 21.1. The van der Waals surface area contributed by atoms with Crippen molar-refractivity contribution >= 4 is 11.6 Å². The smallest absolute Gasteiger partial charge is 0.123 e. The van der Waals surface area contributed by atoms with Crippen molar-refractivity contribution in [2.24, 2.45) is 0 Å². The van der Waals surface area contributed by atoms with E-state index in [4.69, 9.17) is 16.3 Å². The second-order valence-electron chi connectivity index (χ2n) is 5.98. The molecule has 1 aromatic heterocycles. The Morgan fingerprint density at radius 1 is 1.04 bits per heavy atom. The summed E-state index contributed by atoms with van der Waals surface area (Å²) in [5, 5.41) is 0.742. The SMILES string of the molecule is Fc1ccc(COC(CCc2ccc(Cl)cc2)Cn2ccnc2)cc1. The fourth-order valence-corrected chi connectivity index (χ4v) is 2.76. The van der Waals surface area contributed by atoms with Crippen LogP contribution in [0.25, 0.3) is 0 Å². The van der Waals surface area contributed by atoms with Crippen LogP contribution in [0, 0.1) is 5.82 Å². The average molecular weight is 359 g/mol. The number of hydrogen-bond acceptors (Lipinski definition) is 2. The summed E-state index contributed by atoms with van der Waals surface area (Å²) in [6.07, 6.45) is 7.29. The first-order chi connectivity index (χ1) is 12.2. The number of imidazole rings is 1. The van der Waals surface area contributed by atoms with E-state index in [1.54, 1.807) is 24.7 Å². The first kappa shape index (κ1) is 17.6. The van der Waals surface area contributed by atoms with Crippen LogP contribution in [0.5, 0.6) is 0 Å². The second-order valence-corrected chi connectivity index (χ2v) is 6.42. The summed E-state index contributed by atoms with van der Waals surface area (Å²) in [6.45, 7) is 1.19. The summed E-state index contributed by atoms with van der Waals surface area (Å²) in [7, 11) is 0. The molecule has 0 fully saturated rings. The van der Waals surface area contributed by atoms with Crippen LogP contribution in [-0.4, -0.2) is 15.7 Å². The van der Waals surface area contributed by atoms with Crippen LogP contribution >= 0.6 is 11.6 Å². The fourth-order valence-electron chi connectivity index (χ4n) is 2.63. The molecule has 0 aliphatic carbocycles. The van der Waals surface area contributed by atoms with Crippen LogP contribution in [0.4, 0.5) is 4.39 Å². The van der Waals surface area contributed by atoms with Crippen molar-refractivity contribution in [1.82, 2.24) is 9.55 Å². The van der Waals surface area contributed by atoms with Gasteiger partial charge in [-0.15, -0.1) is 0 Å². The highest BCUT2D eigenvalue weighted by Gasteiger charge is 2.11. The maximum absolute atomic E-state index is 13.0. The zero-order chi connectivity index (χ0) is 17.5. The third-order valence-corrected chi connectivity index (χ3v) is 4.29. The van der Waals surface area contributed by atoms with Gasteiger partial charge in [0.25, 0.3) is 0 Å². The van der Waals surface area contributed by atoms with E-state index in [0.29, 0.717) is 6.61 Å². The van der Waals surface area contributed by atoms with Crippen LogP contribution < -0.4 is 0 Å². The standard InChI is InChI=1S/C20H20ClFN2O/c21-18-6-1-16(2-7-18)5-10-20(13-24-12-11-23-15-24)25-14-17-3-8-19(22)9-4-17/h1-4,6-9,11-12,15,20H,5,10,13-14H2. The highest BCUT2D eigenvalue weighted by Crippen LogP contribution is 2.15. The number of hydrogen-bond donors (Lipinski definition) is 0. The molecule has 3 rings (SSSR count). The average Bonchev–Trinajstić information content (AvgIpc) is 3.13. The molecular formula is C20H20ClFN2O. The highest BCUT2D eigenvalue weighted by atomic mass is 35.5. The van der Waals surface area contributed by atoms with E-state index in [-0.39, 0.29) is 11.9 Å². The second kappa shape index (κ2) is 8.79. The van der Waals surface area contributed by atoms with Gasteiger partial charge in [-0.25, -0.2) is 9.37 Å². The molecule has 5 heteroatoms. The van der Waals surface area contributed by atoms with Crippen LogP contribution in [-0.2, 0) is 24.3 Å². The summed E-state index contributed by atoms with van der Waals surface area (Å²) >= 11 is 5.94. The van der Waals surface area contributed by atoms with Gasteiger partial charge >= 0.3 is 0 Å². The lowest BCUT2D eigenvalue weighted by molar-refractivity contribution is 0.0239. The molecule has 0 radical (unpaired) electrons. The third-order valence-electron chi connectivity index (χ3n) is 4.04. The van der Waals surface area contributed by atoms with Crippen molar-refractivity contribution in [3.63, 3.8) is 0 Å². The number of rotatable bonds is 8. The Labute approximate surface area is 152 Å². The van der Waals surface area contributed by atoms with Crippen LogP contribution in [0.1, 0.15) is 17.5 Å². The Morgan fingerprint density at radius 2 is 1.76 bits per heavy atom. The van der Waals surface area contributed by atoms with Gasteiger partial charge in [-0.05, 0) is 48.2 Å². The molecule has 1 unspecified atom stereocenters. The van der Waals surface area contributed by atoms with Gasteiger partial charge in [0.2, 0.25) is 0 Å². The third kappa shape index (κ3) is 5.69.